The van der Waals surface area contributed by atoms with E-state index in [0.717, 1.165) is 29.6 Å². The van der Waals surface area contributed by atoms with Crippen LogP contribution in [0.2, 0.25) is 0 Å². The predicted molar refractivity (Wildman–Crippen MR) is 119 cm³/mol. The molecule has 162 valence electrons. The third kappa shape index (κ3) is 4.26. The van der Waals surface area contributed by atoms with E-state index in [-0.39, 0.29) is 17.8 Å². The summed E-state index contributed by atoms with van der Waals surface area (Å²) in [6.45, 7) is 3.14. The normalized spacial score (nSPS) is 14.5. The predicted octanol–water partition coefficient (Wildman–Crippen LogP) is 4.42. The highest BCUT2D eigenvalue weighted by molar-refractivity contribution is 5.95. The van der Waals surface area contributed by atoms with Crippen molar-refractivity contribution in [3.63, 3.8) is 0 Å². The number of aryl methyl sites for hydroxylation is 1. The molecule has 0 radical (unpaired) electrons. The molecule has 2 heterocycles. The van der Waals surface area contributed by atoms with Crippen LogP contribution in [-0.4, -0.2) is 49.1 Å². The van der Waals surface area contributed by atoms with Gasteiger partial charge in [0.15, 0.2) is 11.5 Å². The van der Waals surface area contributed by atoms with E-state index in [2.05, 4.69) is 10.3 Å². The number of anilines is 1. The number of likely N-dealkylation sites (tertiary alicyclic amines) is 1. The van der Waals surface area contributed by atoms with Gasteiger partial charge in [-0.3, -0.25) is 4.79 Å². The van der Waals surface area contributed by atoms with Gasteiger partial charge in [-0.25, -0.2) is 9.37 Å². The first-order valence-electron chi connectivity index (χ1n) is 10.3. The van der Waals surface area contributed by atoms with Gasteiger partial charge in [0.25, 0.3) is 5.91 Å². The van der Waals surface area contributed by atoms with Crippen molar-refractivity contribution in [3.05, 3.63) is 59.5 Å². The van der Waals surface area contributed by atoms with Crippen molar-refractivity contribution in [2.45, 2.75) is 25.8 Å². The second-order valence-electron chi connectivity index (χ2n) is 7.73. The minimum atomic E-state index is -0.320. The van der Waals surface area contributed by atoms with E-state index in [1.54, 1.807) is 38.5 Å². The van der Waals surface area contributed by atoms with E-state index in [4.69, 9.17) is 9.47 Å². The lowest BCUT2D eigenvalue weighted by Crippen LogP contribution is -2.42. The lowest BCUT2D eigenvalue weighted by Gasteiger charge is -2.33. The van der Waals surface area contributed by atoms with Crippen LogP contribution in [0.5, 0.6) is 11.5 Å². The number of carbonyl (C=O) groups is 1. The number of nitrogens with zero attached hydrogens (tertiary/aromatic N) is 2. The minimum Gasteiger partial charge on any atom is -0.493 e. The summed E-state index contributed by atoms with van der Waals surface area (Å²) in [5, 5.41) is 4.32. The average Bonchev–Trinajstić information content (AvgIpc) is 2.79. The molecule has 31 heavy (non-hydrogen) atoms. The number of carbonyl (C=O) groups excluding carboxylic acids is 1. The Morgan fingerprint density at radius 3 is 2.55 bits per heavy atom. The van der Waals surface area contributed by atoms with Crippen molar-refractivity contribution in [2.24, 2.45) is 0 Å². The second-order valence-corrected chi connectivity index (χ2v) is 7.73. The van der Waals surface area contributed by atoms with Gasteiger partial charge in [-0.15, -0.1) is 0 Å². The molecule has 0 bridgehead atoms. The van der Waals surface area contributed by atoms with Crippen molar-refractivity contribution >= 4 is 22.5 Å². The zero-order valence-electron chi connectivity index (χ0n) is 17.9. The Balaban J connectivity index is 1.44. The van der Waals surface area contributed by atoms with Crippen molar-refractivity contribution in [1.29, 1.82) is 0 Å². The molecule has 1 aromatic heterocycles. The Morgan fingerprint density at radius 1 is 1.10 bits per heavy atom. The van der Waals surface area contributed by atoms with Crippen LogP contribution in [-0.2, 0) is 0 Å². The number of rotatable bonds is 5. The Morgan fingerprint density at radius 2 is 1.84 bits per heavy atom. The number of ether oxygens (including phenoxy) is 2. The number of hydrogen-bond acceptors (Lipinski definition) is 5. The van der Waals surface area contributed by atoms with E-state index < -0.39 is 0 Å². The molecule has 7 heteroatoms. The van der Waals surface area contributed by atoms with E-state index in [9.17, 15) is 9.18 Å². The van der Waals surface area contributed by atoms with E-state index >= 15 is 0 Å². The molecule has 0 atom stereocenters. The Labute approximate surface area is 181 Å². The molecule has 0 saturated carbocycles. The number of fused-ring (bicyclic) bond motifs is 1. The molecule has 1 fully saturated rings. The summed E-state index contributed by atoms with van der Waals surface area (Å²) < 4.78 is 24.7. The zero-order valence-corrected chi connectivity index (χ0v) is 17.9. The lowest BCUT2D eigenvalue weighted by atomic mass is 10.0. The number of nitrogens with one attached hydrogen (secondary N) is 1. The van der Waals surface area contributed by atoms with Crippen LogP contribution in [0, 0.1) is 12.7 Å². The fraction of sp³-hybridized carbons (Fsp3) is 0.333. The maximum atomic E-state index is 14.2. The molecule has 0 aliphatic carbocycles. The SMILES string of the molecule is COc1ccc(C(=O)N2CCC(Nc3cc(C)nc4c(F)cccc34)CC2)cc1OC. The van der Waals surface area contributed by atoms with Gasteiger partial charge in [-0.1, -0.05) is 12.1 Å². The molecule has 1 N–H and O–H groups in total. The van der Waals surface area contributed by atoms with Crippen LogP contribution >= 0.6 is 0 Å². The molecule has 0 unspecified atom stereocenters. The Kier molecular flexibility index (Phi) is 5.93. The summed E-state index contributed by atoms with van der Waals surface area (Å²) in [7, 11) is 3.12. The third-order valence-electron chi connectivity index (χ3n) is 5.69. The zero-order chi connectivity index (χ0) is 22.0. The van der Waals surface area contributed by atoms with E-state index in [0.29, 0.717) is 35.7 Å². The maximum absolute atomic E-state index is 14.2. The molecule has 1 saturated heterocycles. The molecule has 4 rings (SSSR count). The molecule has 6 nitrogen and oxygen atoms in total. The van der Waals surface area contributed by atoms with Crippen LogP contribution < -0.4 is 14.8 Å². The van der Waals surface area contributed by atoms with Gasteiger partial charge in [-0.05, 0) is 50.1 Å². The summed E-state index contributed by atoms with van der Waals surface area (Å²) in [6.07, 6.45) is 1.61. The molecule has 0 spiro atoms. The first-order valence-corrected chi connectivity index (χ1v) is 10.3. The number of benzene rings is 2. The number of aromatic nitrogens is 1. The molecule has 1 amide bonds. The van der Waals surface area contributed by atoms with Gasteiger partial charge in [0.2, 0.25) is 0 Å². The van der Waals surface area contributed by atoms with Crippen LogP contribution in [0.3, 0.4) is 0 Å². The topological polar surface area (TPSA) is 63.7 Å². The van der Waals surface area contributed by atoms with Crippen molar-refractivity contribution in [1.82, 2.24) is 9.88 Å². The monoisotopic (exact) mass is 423 g/mol. The quantitative estimate of drug-likeness (QED) is 0.658. The fourth-order valence-electron chi connectivity index (χ4n) is 4.06. The smallest absolute Gasteiger partial charge is 0.253 e. The van der Waals surface area contributed by atoms with Crippen molar-refractivity contribution in [3.8, 4) is 11.5 Å². The van der Waals surface area contributed by atoms with Gasteiger partial charge in [0, 0.05) is 41.5 Å². The van der Waals surface area contributed by atoms with E-state index in [1.807, 2.05) is 24.0 Å². The number of halogens is 1. The third-order valence-corrected chi connectivity index (χ3v) is 5.69. The summed E-state index contributed by atoms with van der Waals surface area (Å²) >= 11 is 0. The molecular weight excluding hydrogens is 397 g/mol. The van der Waals surface area contributed by atoms with E-state index in [1.165, 1.54) is 6.07 Å². The van der Waals surface area contributed by atoms with Crippen LogP contribution in [0.15, 0.2) is 42.5 Å². The maximum Gasteiger partial charge on any atom is 0.253 e. The molecule has 3 aromatic rings. The fourth-order valence-corrected chi connectivity index (χ4v) is 4.06. The number of methoxy groups -OCH3 is 2. The highest BCUT2D eigenvalue weighted by Gasteiger charge is 2.25. The Hall–Kier alpha value is -3.35. The van der Waals surface area contributed by atoms with Crippen LogP contribution in [0.25, 0.3) is 10.9 Å². The van der Waals surface area contributed by atoms with Crippen molar-refractivity contribution in [2.75, 3.05) is 32.6 Å². The van der Waals surface area contributed by atoms with Crippen LogP contribution in [0.1, 0.15) is 28.9 Å². The molecule has 1 aliphatic rings. The van der Waals surface area contributed by atoms with Gasteiger partial charge in [0.1, 0.15) is 11.3 Å². The standard InChI is InChI=1S/C24H26FN3O3/c1-15-13-20(18-5-4-6-19(25)23(18)26-15)27-17-9-11-28(12-10-17)24(29)16-7-8-21(30-2)22(14-16)31-3/h4-8,13-14,17H,9-12H2,1-3H3,(H,26,27). The number of piperidine rings is 1. The summed E-state index contributed by atoms with van der Waals surface area (Å²) in [6, 6.07) is 12.4. The molecule has 1 aliphatic heterocycles. The summed E-state index contributed by atoms with van der Waals surface area (Å²) in [5.41, 5.74) is 2.61. The molecule has 2 aromatic carbocycles. The number of amides is 1. The van der Waals surface area contributed by atoms with Crippen molar-refractivity contribution < 1.29 is 18.7 Å². The first kappa shape index (κ1) is 20.9. The van der Waals surface area contributed by atoms with Gasteiger partial charge < -0.3 is 19.7 Å². The second kappa shape index (κ2) is 8.79. The number of pyridine rings is 1. The Bertz CT molecular complexity index is 1110. The first-order chi connectivity index (χ1) is 15.0. The summed E-state index contributed by atoms with van der Waals surface area (Å²) in [4.78, 5) is 19.1. The van der Waals surface area contributed by atoms with Gasteiger partial charge >= 0.3 is 0 Å². The largest absolute Gasteiger partial charge is 0.493 e. The van der Waals surface area contributed by atoms with Crippen LogP contribution in [0.4, 0.5) is 10.1 Å². The highest BCUT2D eigenvalue weighted by atomic mass is 19.1. The summed E-state index contributed by atoms with van der Waals surface area (Å²) in [5.74, 6) is 0.793. The minimum absolute atomic E-state index is 0.0216. The van der Waals surface area contributed by atoms with Gasteiger partial charge in [0.05, 0.1) is 14.2 Å². The van der Waals surface area contributed by atoms with Gasteiger partial charge in [-0.2, -0.15) is 0 Å². The number of hydrogen-bond donors (Lipinski definition) is 1. The molecular formula is C24H26FN3O3. The highest BCUT2D eigenvalue weighted by Crippen LogP contribution is 2.30. The average molecular weight is 423 g/mol. The lowest BCUT2D eigenvalue weighted by molar-refractivity contribution is 0.0718. The number of para-hydroxylation sites is 1.